The van der Waals surface area contributed by atoms with Crippen LogP contribution in [0, 0.1) is 59.0 Å². The van der Waals surface area contributed by atoms with Gasteiger partial charge < -0.3 is 23.7 Å². The second-order valence-electron chi connectivity index (χ2n) is 26.4. The zero-order chi connectivity index (χ0) is 68.4. The first-order valence-electron chi connectivity index (χ1n) is 32.6. The van der Waals surface area contributed by atoms with E-state index >= 15 is 33.7 Å². The fourth-order valence-corrected chi connectivity index (χ4v) is 25.7. The summed E-state index contributed by atoms with van der Waals surface area (Å²) in [6, 6.07) is 37.0. The van der Waals surface area contributed by atoms with E-state index in [2.05, 4.69) is 41.5 Å². The minimum atomic E-state index is -4.83. The molecule has 4 aliphatic carbocycles. The van der Waals surface area contributed by atoms with Crippen LogP contribution >= 0.6 is 0 Å². The number of benzene rings is 6. The zero-order valence-electron chi connectivity index (χ0n) is 54.7. The van der Waals surface area contributed by atoms with Crippen LogP contribution in [-0.2, 0) is 85.5 Å². The van der Waals surface area contributed by atoms with Gasteiger partial charge in [-0.05, 0) is 182 Å². The van der Waals surface area contributed by atoms with Gasteiger partial charge in [-0.2, -0.15) is 0 Å². The summed E-state index contributed by atoms with van der Waals surface area (Å²) >= 11 is 0. The maximum absolute atomic E-state index is 15.2. The maximum atomic E-state index is 15.2. The Labute approximate surface area is 558 Å². The number of rotatable bonds is 16. The number of carbonyl (C=O) groups is 2. The van der Waals surface area contributed by atoms with E-state index in [1.54, 1.807) is 24.3 Å². The van der Waals surface area contributed by atoms with Crippen LogP contribution in [0.5, 0.6) is 0 Å². The van der Waals surface area contributed by atoms with Gasteiger partial charge in [-0.15, -0.1) is 0 Å². The maximum Gasteiger partial charge on any atom is 0.336 e. The quantitative estimate of drug-likeness (QED) is 0.0823. The molecule has 4 fully saturated rings. The van der Waals surface area contributed by atoms with Gasteiger partial charge in [-0.3, -0.25) is 0 Å². The molecule has 6 aliphatic rings. The third-order valence-electron chi connectivity index (χ3n) is 19.8. The number of ether oxygens (including phenoxy) is 5. The predicted octanol–water partition coefficient (Wildman–Crippen LogP) is 13.8. The first kappa shape index (κ1) is 71.1. The van der Waals surface area contributed by atoms with Crippen molar-refractivity contribution < 1.29 is 75.7 Å². The second kappa shape index (κ2) is 28.8. The molecule has 0 aromatic heterocycles. The van der Waals surface area contributed by atoms with E-state index in [4.69, 9.17) is 23.7 Å². The summed E-state index contributed by atoms with van der Waals surface area (Å²) in [5.74, 6) is -4.90. The van der Waals surface area contributed by atoms with Crippen LogP contribution in [-0.4, -0.2) is 91.8 Å². The highest BCUT2D eigenvalue weighted by molar-refractivity contribution is 8.11. The number of fused-ring (bicyclic) bond motifs is 4. The largest absolute Gasteiger partial charge is 0.432 e. The molecule has 0 unspecified atom stereocenters. The lowest BCUT2D eigenvalue weighted by Crippen LogP contribution is -2.57. The van der Waals surface area contributed by atoms with Crippen LogP contribution in [0.3, 0.4) is 0 Å². The van der Waals surface area contributed by atoms with Crippen LogP contribution in [0.25, 0.3) is 12.2 Å². The zero-order valence-corrected chi connectivity index (χ0v) is 57.9. The average molecular weight is 1380 g/mol. The molecular formula is C74H84F2O15S4. The van der Waals surface area contributed by atoms with Crippen molar-refractivity contribution >= 4 is 63.4 Å². The summed E-state index contributed by atoms with van der Waals surface area (Å²) in [6.45, 7) is 18.2. The van der Waals surface area contributed by atoms with Crippen LogP contribution in [0.15, 0.2) is 188 Å². The van der Waals surface area contributed by atoms with Crippen LogP contribution in [0.2, 0.25) is 0 Å². The number of halogens is 2. The Bertz CT molecular complexity index is 3870. The highest BCUT2D eigenvalue weighted by Crippen LogP contribution is 2.57. The molecule has 2 aliphatic heterocycles. The number of sulfone groups is 4. The number of esters is 2. The van der Waals surface area contributed by atoms with E-state index in [9.17, 15) is 18.4 Å². The van der Waals surface area contributed by atoms with E-state index in [0.717, 1.165) is 51.0 Å². The SMILES string of the molecule is CC(C)[C@@H]1CC[C@@H](C)C[C@H]1O[C@@H]1OC(=O)C2=Cc3cc(F)ccc3CC(S(=O)(=O)c3ccccc3)(S(=O)(=O)c3ccccc3)[C@H]21.CC(C)[C@@H]1CC[C@@H](C)C[C@H]1O[C@@H]1OC(=O)C2=Cc3cc(F)ccc3CC(S(=O)(=O)c3ccccc3)(S(=O)(=O)c3ccccc3)[C@H]21.CCOCC. The van der Waals surface area contributed by atoms with Gasteiger partial charge in [0.1, 0.15) is 11.6 Å². The summed E-state index contributed by atoms with van der Waals surface area (Å²) < 4.78 is 175. The van der Waals surface area contributed by atoms with Crippen LogP contribution < -0.4 is 0 Å². The van der Waals surface area contributed by atoms with Crippen molar-refractivity contribution in [3.05, 3.63) is 203 Å². The summed E-state index contributed by atoms with van der Waals surface area (Å²) in [5, 5.41) is 0. The Balaban J connectivity index is 0.000000193. The van der Waals surface area contributed by atoms with Gasteiger partial charge in [-0.1, -0.05) is 139 Å². The fraction of sp³-hybridized carbons (Fsp3) is 0.432. The molecule has 0 N–H and O–H groups in total. The van der Waals surface area contributed by atoms with Gasteiger partial charge in [0.2, 0.25) is 12.6 Å². The van der Waals surface area contributed by atoms with Crippen molar-refractivity contribution in [2.45, 2.75) is 159 Å². The molecule has 508 valence electrons. The van der Waals surface area contributed by atoms with Crippen molar-refractivity contribution in [3.63, 3.8) is 0 Å². The number of carbonyl (C=O) groups excluding carboxylic acids is 2. The van der Waals surface area contributed by atoms with E-state index < -0.39 is 121 Å². The number of hydrogen-bond donors (Lipinski definition) is 0. The minimum absolute atomic E-state index is 0.0934. The molecule has 6 aromatic carbocycles. The summed E-state index contributed by atoms with van der Waals surface area (Å²) in [7, 11) is -19.3. The van der Waals surface area contributed by atoms with Crippen molar-refractivity contribution in [2.24, 2.45) is 47.3 Å². The minimum Gasteiger partial charge on any atom is -0.432 e. The smallest absolute Gasteiger partial charge is 0.336 e. The molecule has 6 aromatic rings. The molecule has 2 heterocycles. The molecule has 0 amide bonds. The van der Waals surface area contributed by atoms with Gasteiger partial charge in [0, 0.05) is 37.2 Å². The van der Waals surface area contributed by atoms with Crippen molar-refractivity contribution in [1.82, 2.24) is 0 Å². The van der Waals surface area contributed by atoms with Gasteiger partial charge in [0.05, 0.1) is 43.6 Å². The molecule has 95 heavy (non-hydrogen) atoms. The van der Waals surface area contributed by atoms with Crippen molar-refractivity contribution in [1.29, 1.82) is 0 Å². The normalized spacial score (nSPS) is 25.4. The molecule has 0 spiro atoms. The standard InChI is InChI=1S/2C35H37FO7S2.C4H10O/c2*1-22(2)29-17-14-23(3)18-31(29)42-34-32-30(33(37)43-34)20-25-19-26(36)16-15-24(25)21-35(32,44(38,39)27-10-6-4-7-11-27)45(40,41)28-12-8-5-9-13-28;1-3-5-4-2/h2*4-13,15-16,19-20,22-23,29,31-32,34H,14,17-18,21H2,1-3H3;3-4H2,1-2H3/t2*23-,29+,31-,32-,34-;/m11./s1. The summed E-state index contributed by atoms with van der Waals surface area (Å²) in [6.07, 6.45) is 2.84. The molecule has 21 heteroatoms. The molecule has 2 saturated carbocycles. The monoisotopic (exact) mass is 1380 g/mol. The Morgan fingerprint density at radius 2 is 0.768 bits per heavy atom. The van der Waals surface area contributed by atoms with E-state index in [1.165, 1.54) is 133 Å². The van der Waals surface area contributed by atoms with E-state index in [1.807, 2.05) is 13.8 Å². The lowest BCUT2D eigenvalue weighted by molar-refractivity contribution is -0.197. The third kappa shape index (κ3) is 13.4. The van der Waals surface area contributed by atoms with E-state index in [-0.39, 0.29) is 76.7 Å². The Morgan fingerprint density at radius 3 is 1.04 bits per heavy atom. The van der Waals surface area contributed by atoms with Crippen molar-refractivity contribution in [2.75, 3.05) is 13.2 Å². The molecule has 10 atom stereocenters. The van der Waals surface area contributed by atoms with E-state index in [0.29, 0.717) is 24.7 Å². The highest BCUT2D eigenvalue weighted by atomic mass is 32.3. The predicted molar refractivity (Wildman–Crippen MR) is 357 cm³/mol. The van der Waals surface area contributed by atoms with Gasteiger partial charge in [0.25, 0.3) is 0 Å². The molecule has 0 radical (unpaired) electrons. The Hall–Kier alpha value is -6.72. The summed E-state index contributed by atoms with van der Waals surface area (Å²) in [5.41, 5.74) is 0.631. The van der Waals surface area contributed by atoms with Gasteiger partial charge >= 0.3 is 11.9 Å². The molecular weight excluding hydrogens is 1300 g/mol. The van der Waals surface area contributed by atoms with Crippen molar-refractivity contribution in [3.8, 4) is 0 Å². The van der Waals surface area contributed by atoms with Gasteiger partial charge in [0.15, 0.2) is 47.5 Å². The summed E-state index contributed by atoms with van der Waals surface area (Å²) in [4.78, 5) is 26.6. The highest BCUT2D eigenvalue weighted by Gasteiger charge is 2.71. The topological polar surface area (TPSA) is 217 Å². The second-order valence-corrected chi connectivity index (χ2v) is 35.8. The van der Waals surface area contributed by atoms with Crippen LogP contribution in [0.1, 0.15) is 116 Å². The van der Waals surface area contributed by atoms with Crippen LogP contribution in [0.4, 0.5) is 8.78 Å². The Morgan fingerprint density at radius 1 is 0.463 bits per heavy atom. The molecule has 0 bridgehead atoms. The number of hydrogen-bond acceptors (Lipinski definition) is 15. The molecule has 15 nitrogen and oxygen atoms in total. The average Bonchev–Trinajstić information content (AvgIpc) is 1.59. The molecule has 12 rings (SSSR count). The lowest BCUT2D eigenvalue weighted by Gasteiger charge is -2.42. The lowest BCUT2D eigenvalue weighted by atomic mass is 9.75. The molecule has 2 saturated heterocycles. The fourth-order valence-electron chi connectivity index (χ4n) is 14.9. The Kier molecular flexibility index (Phi) is 21.5. The first-order chi connectivity index (χ1) is 45.1. The van der Waals surface area contributed by atoms with Gasteiger partial charge in [-0.25, -0.2) is 52.0 Å². The number of cyclic esters (lactones) is 2. The third-order valence-corrected chi connectivity index (χ3v) is 31.2. The first-order valence-corrected chi connectivity index (χ1v) is 38.6.